The fourth-order valence-corrected chi connectivity index (χ4v) is 2.88. The van der Waals surface area contributed by atoms with E-state index >= 15 is 0 Å². The van der Waals surface area contributed by atoms with Gasteiger partial charge in [0.05, 0.1) is 6.61 Å². The standard InChI is InChI=1S/C16H27N3O/c1-3-17-12-16(7-11-20-14-16)13-19(2)10-6-15-4-8-18-9-5-15/h4-5,8-9,17H,3,6-7,10-14H2,1-2H3. The van der Waals surface area contributed by atoms with Crippen LogP contribution in [-0.4, -0.2) is 56.3 Å². The molecule has 0 bridgehead atoms. The average Bonchev–Trinajstić information content (AvgIpc) is 2.93. The van der Waals surface area contributed by atoms with Gasteiger partial charge >= 0.3 is 0 Å². The second kappa shape index (κ2) is 7.72. The number of likely N-dealkylation sites (N-methyl/N-ethyl adjacent to an activating group) is 1. The van der Waals surface area contributed by atoms with Crippen LogP contribution in [0.15, 0.2) is 24.5 Å². The van der Waals surface area contributed by atoms with Gasteiger partial charge in [0.15, 0.2) is 0 Å². The van der Waals surface area contributed by atoms with E-state index < -0.39 is 0 Å². The normalized spacial score (nSPS) is 22.6. The second-order valence-corrected chi connectivity index (χ2v) is 5.93. The van der Waals surface area contributed by atoms with Gasteiger partial charge in [-0.1, -0.05) is 6.92 Å². The number of rotatable bonds is 8. The van der Waals surface area contributed by atoms with Crippen LogP contribution in [0.5, 0.6) is 0 Å². The molecule has 1 atom stereocenters. The quantitative estimate of drug-likeness (QED) is 0.783. The SMILES string of the molecule is CCNCC1(CN(C)CCc2ccncc2)CCOC1. The van der Waals surface area contributed by atoms with E-state index in [1.54, 1.807) is 0 Å². The average molecular weight is 277 g/mol. The van der Waals surface area contributed by atoms with Gasteiger partial charge in [0.1, 0.15) is 0 Å². The van der Waals surface area contributed by atoms with E-state index in [4.69, 9.17) is 4.74 Å². The van der Waals surface area contributed by atoms with Crippen LogP contribution in [-0.2, 0) is 11.2 Å². The first-order valence-electron chi connectivity index (χ1n) is 7.60. The summed E-state index contributed by atoms with van der Waals surface area (Å²) in [4.78, 5) is 6.50. The van der Waals surface area contributed by atoms with Crippen LogP contribution in [0, 0.1) is 5.41 Å². The topological polar surface area (TPSA) is 37.4 Å². The molecule has 0 saturated carbocycles. The van der Waals surface area contributed by atoms with E-state index in [1.165, 1.54) is 12.0 Å². The molecule has 1 saturated heterocycles. The van der Waals surface area contributed by atoms with Gasteiger partial charge in [-0.2, -0.15) is 0 Å². The minimum absolute atomic E-state index is 0.295. The molecule has 0 amide bonds. The maximum absolute atomic E-state index is 5.65. The minimum atomic E-state index is 0.295. The van der Waals surface area contributed by atoms with Crippen LogP contribution in [0.25, 0.3) is 0 Å². The van der Waals surface area contributed by atoms with E-state index in [2.05, 4.69) is 41.3 Å². The summed E-state index contributed by atoms with van der Waals surface area (Å²) in [5, 5.41) is 3.50. The molecule has 2 rings (SSSR count). The highest BCUT2D eigenvalue weighted by Crippen LogP contribution is 2.28. The van der Waals surface area contributed by atoms with Crippen molar-refractivity contribution < 1.29 is 4.74 Å². The zero-order valence-electron chi connectivity index (χ0n) is 12.8. The first kappa shape index (κ1) is 15.4. The molecule has 1 aromatic heterocycles. The lowest BCUT2D eigenvalue weighted by molar-refractivity contribution is 0.120. The zero-order valence-corrected chi connectivity index (χ0v) is 12.8. The maximum atomic E-state index is 5.65. The molecule has 0 aliphatic carbocycles. The van der Waals surface area contributed by atoms with Gasteiger partial charge < -0.3 is 15.0 Å². The molecule has 0 radical (unpaired) electrons. The van der Waals surface area contributed by atoms with Gasteiger partial charge in [-0.25, -0.2) is 0 Å². The molecule has 112 valence electrons. The summed E-state index contributed by atoms with van der Waals surface area (Å²) in [6.07, 6.45) is 5.98. The van der Waals surface area contributed by atoms with Crippen LogP contribution in [0.2, 0.25) is 0 Å². The van der Waals surface area contributed by atoms with Crippen LogP contribution < -0.4 is 5.32 Å². The molecule has 1 N–H and O–H groups in total. The molecule has 1 fully saturated rings. The number of nitrogens with zero attached hydrogens (tertiary/aromatic N) is 2. The Hall–Kier alpha value is -0.970. The monoisotopic (exact) mass is 277 g/mol. The number of aromatic nitrogens is 1. The predicted molar refractivity (Wildman–Crippen MR) is 81.9 cm³/mol. The van der Waals surface area contributed by atoms with Crippen molar-refractivity contribution in [2.45, 2.75) is 19.8 Å². The van der Waals surface area contributed by atoms with Gasteiger partial charge in [-0.05, 0) is 44.1 Å². The Balaban J connectivity index is 1.81. The number of hydrogen-bond acceptors (Lipinski definition) is 4. The van der Waals surface area contributed by atoms with Crippen molar-refractivity contribution in [2.75, 3.05) is 46.4 Å². The highest BCUT2D eigenvalue weighted by Gasteiger charge is 2.35. The smallest absolute Gasteiger partial charge is 0.0547 e. The van der Waals surface area contributed by atoms with Crippen molar-refractivity contribution in [3.05, 3.63) is 30.1 Å². The summed E-state index contributed by atoms with van der Waals surface area (Å²) >= 11 is 0. The van der Waals surface area contributed by atoms with E-state index in [-0.39, 0.29) is 0 Å². The van der Waals surface area contributed by atoms with Crippen LogP contribution in [0.1, 0.15) is 18.9 Å². The molecule has 2 heterocycles. The Morgan fingerprint density at radius 2 is 2.20 bits per heavy atom. The summed E-state index contributed by atoms with van der Waals surface area (Å²) in [5.41, 5.74) is 1.65. The Kier molecular flexibility index (Phi) is 5.95. The van der Waals surface area contributed by atoms with Crippen LogP contribution in [0.4, 0.5) is 0 Å². The molecule has 1 aromatic rings. The molecule has 1 unspecified atom stereocenters. The van der Waals surface area contributed by atoms with E-state index in [9.17, 15) is 0 Å². The molecular weight excluding hydrogens is 250 g/mol. The molecule has 4 nitrogen and oxygen atoms in total. The summed E-state index contributed by atoms with van der Waals surface area (Å²) < 4.78 is 5.65. The van der Waals surface area contributed by atoms with Gasteiger partial charge in [-0.15, -0.1) is 0 Å². The lowest BCUT2D eigenvalue weighted by atomic mass is 9.86. The molecule has 0 aromatic carbocycles. The van der Waals surface area contributed by atoms with Crippen molar-refractivity contribution >= 4 is 0 Å². The van der Waals surface area contributed by atoms with Gasteiger partial charge in [-0.3, -0.25) is 4.98 Å². The Labute approximate surface area is 122 Å². The maximum Gasteiger partial charge on any atom is 0.0547 e. The number of hydrogen-bond donors (Lipinski definition) is 1. The number of ether oxygens (including phenoxy) is 1. The molecular formula is C16H27N3O. The van der Waals surface area contributed by atoms with Gasteiger partial charge in [0.2, 0.25) is 0 Å². The molecule has 0 spiro atoms. The first-order chi connectivity index (χ1) is 9.74. The van der Waals surface area contributed by atoms with Gasteiger partial charge in [0, 0.05) is 44.0 Å². The minimum Gasteiger partial charge on any atom is -0.381 e. The van der Waals surface area contributed by atoms with E-state index in [0.29, 0.717) is 5.41 Å². The summed E-state index contributed by atoms with van der Waals surface area (Å²) in [6, 6.07) is 4.20. The third kappa shape index (κ3) is 4.54. The fourth-order valence-electron chi connectivity index (χ4n) is 2.88. The summed E-state index contributed by atoms with van der Waals surface area (Å²) in [5.74, 6) is 0. The lowest BCUT2D eigenvalue weighted by Crippen LogP contribution is -2.44. The number of pyridine rings is 1. The lowest BCUT2D eigenvalue weighted by Gasteiger charge is -2.32. The van der Waals surface area contributed by atoms with Crippen LogP contribution in [0.3, 0.4) is 0 Å². The Morgan fingerprint density at radius 3 is 2.85 bits per heavy atom. The van der Waals surface area contributed by atoms with Crippen molar-refractivity contribution in [3.8, 4) is 0 Å². The van der Waals surface area contributed by atoms with Gasteiger partial charge in [0.25, 0.3) is 0 Å². The predicted octanol–water partition coefficient (Wildman–Crippen LogP) is 1.57. The van der Waals surface area contributed by atoms with Crippen molar-refractivity contribution in [2.24, 2.45) is 5.41 Å². The highest BCUT2D eigenvalue weighted by molar-refractivity contribution is 5.09. The Morgan fingerprint density at radius 1 is 1.40 bits per heavy atom. The first-order valence-corrected chi connectivity index (χ1v) is 7.60. The summed E-state index contributed by atoms with van der Waals surface area (Å²) in [6.45, 7) is 8.23. The highest BCUT2D eigenvalue weighted by atomic mass is 16.5. The fraction of sp³-hybridized carbons (Fsp3) is 0.688. The third-order valence-electron chi connectivity index (χ3n) is 4.07. The molecule has 1 aliphatic heterocycles. The third-order valence-corrected chi connectivity index (χ3v) is 4.07. The van der Waals surface area contributed by atoms with Crippen molar-refractivity contribution in [1.29, 1.82) is 0 Å². The van der Waals surface area contributed by atoms with Crippen LogP contribution >= 0.6 is 0 Å². The molecule has 20 heavy (non-hydrogen) atoms. The summed E-state index contributed by atoms with van der Waals surface area (Å²) in [7, 11) is 2.22. The Bertz CT molecular complexity index is 377. The molecule has 4 heteroatoms. The second-order valence-electron chi connectivity index (χ2n) is 5.93. The molecule has 1 aliphatic rings. The zero-order chi connectivity index (χ0) is 14.3. The van der Waals surface area contributed by atoms with Crippen molar-refractivity contribution in [3.63, 3.8) is 0 Å². The van der Waals surface area contributed by atoms with Crippen molar-refractivity contribution in [1.82, 2.24) is 15.2 Å². The number of nitrogens with one attached hydrogen (secondary N) is 1. The van der Waals surface area contributed by atoms with E-state index in [0.717, 1.165) is 45.8 Å². The largest absolute Gasteiger partial charge is 0.381 e. The van der Waals surface area contributed by atoms with E-state index in [1.807, 2.05) is 12.4 Å².